The first-order valence-electron chi connectivity index (χ1n) is 12.0. The molecule has 31 heavy (non-hydrogen) atoms. The van der Waals surface area contributed by atoms with E-state index >= 15 is 0 Å². The summed E-state index contributed by atoms with van der Waals surface area (Å²) in [6.07, 6.45) is 16.6. The quantitative estimate of drug-likeness (QED) is 0.218. The van der Waals surface area contributed by atoms with Gasteiger partial charge in [-0.3, -0.25) is 0 Å². The molecular weight excluding hydrogens is 431 g/mol. The van der Waals surface area contributed by atoms with Crippen molar-refractivity contribution in [2.75, 3.05) is 0 Å². The maximum absolute atomic E-state index is 11.8. The van der Waals surface area contributed by atoms with Crippen LogP contribution in [0.5, 0.6) is 0 Å². The van der Waals surface area contributed by atoms with Gasteiger partial charge in [-0.25, -0.2) is 8.42 Å². The van der Waals surface area contributed by atoms with Gasteiger partial charge in [-0.1, -0.05) is 102 Å². The fourth-order valence-corrected chi connectivity index (χ4v) is 5.03. The molecule has 0 saturated heterocycles. The van der Waals surface area contributed by atoms with Gasteiger partial charge in [0.2, 0.25) is 0 Å². The largest absolute Gasteiger partial charge is 1.00 e. The monoisotopic (exact) mass is 470 g/mol. The van der Waals surface area contributed by atoms with Crippen LogP contribution in [0.4, 0.5) is 0 Å². The zero-order chi connectivity index (χ0) is 21.8. The Morgan fingerprint density at radius 2 is 1.16 bits per heavy atom. The minimum absolute atomic E-state index is 0. The number of aryl methyl sites for hydroxylation is 2. The van der Waals surface area contributed by atoms with E-state index in [-0.39, 0.29) is 56.3 Å². The van der Waals surface area contributed by atoms with Crippen molar-refractivity contribution in [1.29, 1.82) is 0 Å². The van der Waals surface area contributed by atoms with Crippen molar-refractivity contribution in [3.8, 4) is 0 Å². The van der Waals surface area contributed by atoms with Crippen molar-refractivity contribution < 1.29 is 64.4 Å². The summed E-state index contributed by atoms with van der Waals surface area (Å²) in [6, 6.07) is 9.21. The smallest absolute Gasteiger partial charge is 0.744 e. The Hall–Kier alpha value is 0.246. The first-order valence-corrected chi connectivity index (χ1v) is 13.4. The molecule has 168 valence electrons. The molecule has 2 aromatic rings. The summed E-state index contributed by atoms with van der Waals surface area (Å²) in [4.78, 5) is -0.0750. The molecule has 0 N–H and O–H groups in total. The molecule has 0 bridgehead atoms. The van der Waals surface area contributed by atoms with Gasteiger partial charge < -0.3 is 4.55 Å². The summed E-state index contributed by atoms with van der Waals surface area (Å²) >= 11 is 0. The van der Waals surface area contributed by atoms with Crippen molar-refractivity contribution in [1.82, 2.24) is 0 Å². The van der Waals surface area contributed by atoms with Gasteiger partial charge in [0.05, 0.1) is 4.90 Å². The van der Waals surface area contributed by atoms with Crippen molar-refractivity contribution >= 4 is 20.9 Å². The van der Waals surface area contributed by atoms with E-state index in [1.807, 2.05) is 12.1 Å². The molecule has 2 rings (SSSR count). The maximum Gasteiger partial charge on any atom is 1.00 e. The van der Waals surface area contributed by atoms with Crippen molar-refractivity contribution in [3.05, 3.63) is 41.5 Å². The van der Waals surface area contributed by atoms with E-state index in [1.165, 1.54) is 81.4 Å². The third-order valence-corrected chi connectivity index (χ3v) is 6.94. The Morgan fingerprint density at radius 3 is 1.68 bits per heavy atom. The topological polar surface area (TPSA) is 57.2 Å². The predicted molar refractivity (Wildman–Crippen MR) is 126 cm³/mol. The molecule has 0 saturated carbocycles. The molecular formula is C26H39KO3S. The molecule has 0 aliphatic carbocycles. The van der Waals surface area contributed by atoms with Gasteiger partial charge in [-0.05, 0) is 53.6 Å². The minimum Gasteiger partial charge on any atom is -0.744 e. The summed E-state index contributed by atoms with van der Waals surface area (Å²) in [5.74, 6) is 0. The molecule has 2 aromatic carbocycles. The average Bonchev–Trinajstić information content (AvgIpc) is 2.72. The number of unbranched alkanes of at least 4 members (excludes halogenated alkanes) is 10. The van der Waals surface area contributed by atoms with Gasteiger partial charge in [0.25, 0.3) is 0 Å². The number of benzene rings is 2. The van der Waals surface area contributed by atoms with Gasteiger partial charge in [0.15, 0.2) is 0 Å². The van der Waals surface area contributed by atoms with Crippen LogP contribution in [-0.4, -0.2) is 13.0 Å². The van der Waals surface area contributed by atoms with Gasteiger partial charge in [-0.15, -0.1) is 0 Å². The molecule has 0 heterocycles. The summed E-state index contributed by atoms with van der Waals surface area (Å²) in [5, 5.41) is 1.62. The van der Waals surface area contributed by atoms with Crippen LogP contribution in [0, 0.1) is 0 Å². The van der Waals surface area contributed by atoms with Gasteiger partial charge in [0, 0.05) is 0 Å². The second-order valence-corrected chi connectivity index (χ2v) is 9.90. The van der Waals surface area contributed by atoms with Crippen molar-refractivity contribution in [2.45, 2.75) is 109 Å². The van der Waals surface area contributed by atoms with Crippen LogP contribution in [0.3, 0.4) is 0 Å². The van der Waals surface area contributed by atoms with E-state index in [0.29, 0.717) is 5.39 Å². The molecule has 0 spiro atoms. The fourth-order valence-electron chi connectivity index (χ4n) is 4.36. The maximum atomic E-state index is 11.8. The Labute approximate surface area is 233 Å². The number of fused-ring (bicyclic) bond motifs is 1. The minimum atomic E-state index is -4.48. The molecule has 0 radical (unpaired) electrons. The molecule has 5 heteroatoms. The van der Waals surface area contributed by atoms with Crippen LogP contribution in [0.2, 0.25) is 0 Å². The number of hydrogen-bond donors (Lipinski definition) is 0. The van der Waals surface area contributed by atoms with E-state index in [9.17, 15) is 13.0 Å². The van der Waals surface area contributed by atoms with E-state index in [0.717, 1.165) is 31.1 Å². The van der Waals surface area contributed by atoms with Gasteiger partial charge in [-0.2, -0.15) is 0 Å². The fraction of sp³-hybridized carbons (Fsp3) is 0.615. The Bertz CT molecular complexity index is 855. The first-order chi connectivity index (χ1) is 14.5. The molecule has 0 fully saturated rings. The van der Waals surface area contributed by atoms with E-state index in [1.54, 1.807) is 6.07 Å². The van der Waals surface area contributed by atoms with E-state index < -0.39 is 10.1 Å². The Morgan fingerprint density at radius 1 is 0.677 bits per heavy atom. The second kappa shape index (κ2) is 16.0. The van der Waals surface area contributed by atoms with Crippen LogP contribution >= 0.6 is 0 Å². The van der Waals surface area contributed by atoms with Crippen molar-refractivity contribution in [2.24, 2.45) is 0 Å². The zero-order valence-electron chi connectivity index (χ0n) is 19.9. The van der Waals surface area contributed by atoms with E-state index in [2.05, 4.69) is 19.9 Å². The third kappa shape index (κ3) is 9.95. The van der Waals surface area contributed by atoms with Gasteiger partial charge >= 0.3 is 51.4 Å². The standard InChI is InChI=1S/C26H40O3S.K/c1-3-5-7-9-11-13-16-22-18-15-19-24-25(30(27,28)29)21-20-23(26(22)24)17-14-12-10-8-6-4-2;/h15,18-21H,3-14,16-17H2,1-2H3,(H,27,28,29);/q;+1/p-1. The molecule has 0 aliphatic heterocycles. The molecule has 0 atom stereocenters. The predicted octanol–water partition coefficient (Wildman–Crippen LogP) is 4.55. The SMILES string of the molecule is CCCCCCCCc1cccc2c(S(=O)(=O)[O-])ccc(CCCCCCCC)c12.[K+]. The molecule has 0 aromatic heterocycles. The summed E-state index contributed by atoms with van der Waals surface area (Å²) in [5.41, 5.74) is 2.38. The van der Waals surface area contributed by atoms with Gasteiger partial charge in [0.1, 0.15) is 10.1 Å². The zero-order valence-corrected chi connectivity index (χ0v) is 23.9. The number of hydrogen-bond acceptors (Lipinski definition) is 3. The molecule has 0 aliphatic rings. The molecule has 3 nitrogen and oxygen atoms in total. The Kier molecular flexibility index (Phi) is 15.1. The van der Waals surface area contributed by atoms with Crippen molar-refractivity contribution in [3.63, 3.8) is 0 Å². The van der Waals surface area contributed by atoms with Crippen LogP contribution in [0.1, 0.15) is 102 Å². The van der Waals surface area contributed by atoms with Crippen LogP contribution in [0.15, 0.2) is 35.2 Å². The summed E-state index contributed by atoms with van der Waals surface area (Å²) in [7, 11) is -4.48. The van der Waals surface area contributed by atoms with E-state index in [4.69, 9.17) is 0 Å². The molecule has 0 unspecified atom stereocenters. The first kappa shape index (κ1) is 29.3. The normalized spacial score (nSPS) is 11.6. The average molecular weight is 471 g/mol. The molecule has 0 amide bonds. The van der Waals surface area contributed by atoms with Crippen LogP contribution < -0.4 is 51.4 Å². The number of rotatable bonds is 15. The third-order valence-electron chi connectivity index (χ3n) is 6.04. The second-order valence-electron chi connectivity index (χ2n) is 8.55. The Balaban J connectivity index is 0.00000480. The summed E-state index contributed by atoms with van der Waals surface area (Å²) < 4.78 is 35.5. The van der Waals surface area contributed by atoms with Crippen LogP contribution in [-0.2, 0) is 23.0 Å². The van der Waals surface area contributed by atoms with Crippen LogP contribution in [0.25, 0.3) is 10.8 Å². The summed E-state index contributed by atoms with van der Waals surface area (Å²) in [6.45, 7) is 4.45.